The van der Waals surface area contributed by atoms with E-state index in [1.54, 1.807) is 41.7 Å². The lowest BCUT2D eigenvalue weighted by molar-refractivity contribution is 0.0139. The highest BCUT2D eigenvalue weighted by molar-refractivity contribution is 5.80. The molecule has 3 aromatic heterocycles. The summed E-state index contributed by atoms with van der Waals surface area (Å²) in [6.07, 6.45) is 5.86. The number of halogens is 1. The standard InChI is InChI=1S/C27H29FN8O2/c1-27(2,3)38-26(37)36-12-10-35(11-13-36)17-18-4-7-23(31-15-18)33-25-32-16-20(28)24(34-25)19-5-6-21-22(14-19)30-9-8-29-21/h4-9,14-16H,10-13,17H2,1-3H3,(H,31,32,33,34). The molecular formula is C27H29FN8O2. The molecule has 0 aliphatic carbocycles. The minimum absolute atomic E-state index is 0.164. The van der Waals surface area contributed by atoms with Crippen molar-refractivity contribution in [3.05, 3.63) is 66.5 Å². The number of nitrogens with zero attached hydrogens (tertiary/aromatic N) is 7. The summed E-state index contributed by atoms with van der Waals surface area (Å²) < 4.78 is 20.0. The smallest absolute Gasteiger partial charge is 0.410 e. The van der Waals surface area contributed by atoms with E-state index in [-0.39, 0.29) is 17.7 Å². The van der Waals surface area contributed by atoms with Gasteiger partial charge in [-0.1, -0.05) is 12.1 Å². The molecule has 38 heavy (non-hydrogen) atoms. The molecule has 1 saturated heterocycles. The summed E-state index contributed by atoms with van der Waals surface area (Å²) in [6.45, 7) is 9.08. The first-order valence-corrected chi connectivity index (χ1v) is 12.4. The molecule has 0 atom stereocenters. The molecule has 1 N–H and O–H groups in total. The molecule has 0 radical (unpaired) electrons. The number of rotatable bonds is 5. The van der Waals surface area contributed by atoms with E-state index in [0.29, 0.717) is 30.0 Å². The Morgan fingerprint density at radius 1 is 0.974 bits per heavy atom. The van der Waals surface area contributed by atoms with Gasteiger partial charge in [0.2, 0.25) is 5.95 Å². The van der Waals surface area contributed by atoms with Gasteiger partial charge >= 0.3 is 6.09 Å². The highest BCUT2D eigenvalue weighted by Gasteiger charge is 2.25. The summed E-state index contributed by atoms with van der Waals surface area (Å²) >= 11 is 0. The molecular weight excluding hydrogens is 487 g/mol. The van der Waals surface area contributed by atoms with E-state index < -0.39 is 11.4 Å². The molecule has 1 aliphatic rings. The fourth-order valence-corrected chi connectivity index (χ4v) is 4.12. The lowest BCUT2D eigenvalue weighted by Gasteiger charge is -2.35. The first-order valence-electron chi connectivity index (χ1n) is 12.4. The molecule has 10 nitrogen and oxygen atoms in total. The van der Waals surface area contributed by atoms with Crippen LogP contribution in [0, 0.1) is 5.82 Å². The number of carbonyl (C=O) groups is 1. The monoisotopic (exact) mass is 516 g/mol. The molecule has 1 aromatic carbocycles. The maximum Gasteiger partial charge on any atom is 0.410 e. The lowest BCUT2D eigenvalue weighted by atomic mass is 10.1. The number of ether oxygens (including phenoxy) is 1. The van der Waals surface area contributed by atoms with Gasteiger partial charge in [-0.05, 0) is 44.5 Å². The molecule has 4 heterocycles. The Labute approximate surface area is 219 Å². The molecule has 0 saturated carbocycles. The Hall–Kier alpha value is -4.25. The van der Waals surface area contributed by atoms with Gasteiger partial charge in [0.25, 0.3) is 0 Å². The molecule has 1 amide bonds. The molecule has 1 aliphatic heterocycles. The molecule has 196 valence electrons. The van der Waals surface area contributed by atoms with Crippen LogP contribution in [-0.4, -0.2) is 72.6 Å². The quantitative estimate of drug-likeness (QED) is 0.412. The van der Waals surface area contributed by atoms with E-state index in [0.717, 1.165) is 36.9 Å². The third kappa shape index (κ3) is 6.17. The van der Waals surface area contributed by atoms with Crippen LogP contribution in [0.15, 0.2) is 55.1 Å². The van der Waals surface area contributed by atoms with E-state index in [4.69, 9.17) is 4.74 Å². The van der Waals surface area contributed by atoms with Crippen LogP contribution >= 0.6 is 0 Å². The normalized spacial score (nSPS) is 14.5. The van der Waals surface area contributed by atoms with Crippen LogP contribution in [0.4, 0.5) is 21.0 Å². The second-order valence-electron chi connectivity index (χ2n) is 10.1. The van der Waals surface area contributed by atoms with Crippen molar-refractivity contribution in [1.29, 1.82) is 0 Å². The third-order valence-electron chi connectivity index (χ3n) is 5.98. The average molecular weight is 517 g/mol. The summed E-state index contributed by atoms with van der Waals surface area (Å²) in [4.78, 5) is 37.7. The second-order valence-corrected chi connectivity index (χ2v) is 10.1. The Balaban J connectivity index is 1.20. The maximum atomic E-state index is 14.6. The van der Waals surface area contributed by atoms with Crippen LogP contribution in [0.25, 0.3) is 22.3 Å². The fraction of sp³-hybridized carbons (Fsp3) is 0.333. The summed E-state index contributed by atoms with van der Waals surface area (Å²) in [5.74, 6) is 0.249. The van der Waals surface area contributed by atoms with Gasteiger partial charge in [0.15, 0.2) is 5.82 Å². The summed E-state index contributed by atoms with van der Waals surface area (Å²) in [5.41, 5.74) is 2.66. The van der Waals surface area contributed by atoms with Gasteiger partial charge < -0.3 is 15.0 Å². The number of pyridine rings is 1. The van der Waals surface area contributed by atoms with Crippen LogP contribution in [0.5, 0.6) is 0 Å². The zero-order valence-electron chi connectivity index (χ0n) is 21.6. The van der Waals surface area contributed by atoms with E-state index >= 15 is 0 Å². The van der Waals surface area contributed by atoms with Gasteiger partial charge in [0.1, 0.15) is 17.1 Å². The van der Waals surface area contributed by atoms with Gasteiger partial charge in [0, 0.05) is 56.9 Å². The topological polar surface area (TPSA) is 109 Å². The number of aromatic nitrogens is 5. The fourth-order valence-electron chi connectivity index (χ4n) is 4.12. The predicted octanol–water partition coefficient (Wildman–Crippen LogP) is 4.42. The number of carbonyl (C=O) groups excluding carboxylic acids is 1. The number of fused-ring (bicyclic) bond motifs is 1. The first-order chi connectivity index (χ1) is 18.2. The van der Waals surface area contributed by atoms with Crippen molar-refractivity contribution in [2.45, 2.75) is 32.9 Å². The molecule has 0 bridgehead atoms. The average Bonchev–Trinajstić information content (AvgIpc) is 2.90. The maximum absolute atomic E-state index is 14.6. The van der Waals surface area contributed by atoms with Crippen LogP contribution in [0.3, 0.4) is 0 Å². The number of amides is 1. The third-order valence-corrected chi connectivity index (χ3v) is 5.98. The second kappa shape index (κ2) is 10.6. The Morgan fingerprint density at radius 3 is 2.45 bits per heavy atom. The van der Waals surface area contributed by atoms with Gasteiger partial charge in [-0.25, -0.2) is 24.1 Å². The van der Waals surface area contributed by atoms with E-state index in [9.17, 15) is 9.18 Å². The van der Waals surface area contributed by atoms with E-state index in [2.05, 4.69) is 35.1 Å². The zero-order chi connectivity index (χ0) is 26.7. The Bertz CT molecular complexity index is 1430. The number of anilines is 2. The molecule has 0 unspecified atom stereocenters. The van der Waals surface area contributed by atoms with Crippen LogP contribution in [0.1, 0.15) is 26.3 Å². The van der Waals surface area contributed by atoms with Crippen molar-refractivity contribution < 1.29 is 13.9 Å². The van der Waals surface area contributed by atoms with Crippen molar-refractivity contribution in [3.8, 4) is 11.3 Å². The molecule has 4 aromatic rings. The highest BCUT2D eigenvalue weighted by Crippen LogP contribution is 2.25. The number of hydrogen-bond donors (Lipinski definition) is 1. The highest BCUT2D eigenvalue weighted by atomic mass is 19.1. The van der Waals surface area contributed by atoms with Crippen molar-refractivity contribution in [1.82, 2.24) is 34.7 Å². The Morgan fingerprint density at radius 2 is 1.74 bits per heavy atom. The van der Waals surface area contributed by atoms with Crippen molar-refractivity contribution in [2.24, 2.45) is 0 Å². The SMILES string of the molecule is CC(C)(C)OC(=O)N1CCN(Cc2ccc(Nc3ncc(F)c(-c4ccc5nccnc5c4)n3)nc2)CC1. The number of nitrogens with one attached hydrogen (secondary N) is 1. The van der Waals surface area contributed by atoms with Gasteiger partial charge in [-0.2, -0.15) is 0 Å². The van der Waals surface area contributed by atoms with E-state index in [1.807, 2.05) is 32.9 Å². The zero-order valence-corrected chi connectivity index (χ0v) is 21.6. The minimum Gasteiger partial charge on any atom is -0.444 e. The summed E-state index contributed by atoms with van der Waals surface area (Å²) in [7, 11) is 0. The van der Waals surface area contributed by atoms with Crippen molar-refractivity contribution >= 4 is 28.9 Å². The number of hydrogen-bond acceptors (Lipinski definition) is 9. The van der Waals surface area contributed by atoms with Crippen molar-refractivity contribution in [2.75, 3.05) is 31.5 Å². The molecule has 0 spiro atoms. The predicted molar refractivity (Wildman–Crippen MR) is 141 cm³/mol. The molecule has 1 fully saturated rings. The van der Waals surface area contributed by atoms with E-state index in [1.165, 1.54) is 0 Å². The first kappa shape index (κ1) is 25.4. The minimum atomic E-state index is -0.533. The van der Waals surface area contributed by atoms with Gasteiger partial charge in [-0.3, -0.25) is 14.9 Å². The van der Waals surface area contributed by atoms with Crippen LogP contribution < -0.4 is 5.32 Å². The summed E-state index contributed by atoms with van der Waals surface area (Å²) in [6, 6.07) is 9.10. The largest absolute Gasteiger partial charge is 0.444 e. The Kier molecular flexibility index (Phi) is 7.10. The van der Waals surface area contributed by atoms with Crippen LogP contribution in [0.2, 0.25) is 0 Å². The number of piperazine rings is 1. The summed E-state index contributed by atoms with van der Waals surface area (Å²) in [5, 5.41) is 3.05. The van der Waals surface area contributed by atoms with Gasteiger partial charge in [0.05, 0.1) is 17.2 Å². The molecule has 5 rings (SSSR count). The lowest BCUT2D eigenvalue weighted by Crippen LogP contribution is -2.49. The molecule has 11 heteroatoms. The van der Waals surface area contributed by atoms with Crippen molar-refractivity contribution in [3.63, 3.8) is 0 Å². The number of benzene rings is 1. The van der Waals surface area contributed by atoms with Gasteiger partial charge in [-0.15, -0.1) is 0 Å². The van der Waals surface area contributed by atoms with Crippen LogP contribution in [-0.2, 0) is 11.3 Å².